The largest absolute Gasteiger partial charge is 0.468 e. The summed E-state index contributed by atoms with van der Waals surface area (Å²) in [5.41, 5.74) is 0. The zero-order chi connectivity index (χ0) is 21.7. The number of carbonyl (C=O) groups is 2. The lowest BCUT2D eigenvalue weighted by molar-refractivity contribution is -0.144. The minimum atomic E-state index is -3.90. The van der Waals surface area contributed by atoms with E-state index >= 15 is 0 Å². The molecule has 30 heavy (non-hydrogen) atoms. The number of piperidine rings is 1. The van der Waals surface area contributed by atoms with E-state index in [0.29, 0.717) is 52.2 Å². The topological polar surface area (TPSA) is 105 Å². The van der Waals surface area contributed by atoms with E-state index in [0.717, 1.165) is 4.47 Å². The maximum absolute atomic E-state index is 12.8. The second-order valence-electron chi connectivity index (χ2n) is 7.28. The molecule has 0 radical (unpaired) electrons. The first kappa shape index (κ1) is 23.0. The second-order valence-corrected chi connectivity index (χ2v) is 9.91. The molecule has 0 bridgehead atoms. The maximum Gasteiger partial charge on any atom is 0.324 e. The first-order chi connectivity index (χ1) is 14.3. The highest BCUT2D eigenvalue weighted by Gasteiger charge is 2.37. The van der Waals surface area contributed by atoms with Crippen LogP contribution < -0.4 is 4.72 Å². The molecule has 2 aliphatic rings. The van der Waals surface area contributed by atoms with Crippen molar-refractivity contribution >= 4 is 38.0 Å². The van der Waals surface area contributed by atoms with Gasteiger partial charge in [-0.25, -0.2) is 13.2 Å². The van der Waals surface area contributed by atoms with Crippen molar-refractivity contribution < 1.29 is 27.5 Å². The molecule has 9 nitrogen and oxygen atoms in total. The number of carbonyl (C=O) groups excluding carboxylic acids is 2. The first-order valence-corrected chi connectivity index (χ1v) is 12.1. The molecule has 0 saturated carbocycles. The Balaban J connectivity index is 1.66. The molecular weight excluding hydrogens is 478 g/mol. The van der Waals surface area contributed by atoms with Crippen molar-refractivity contribution in [2.24, 2.45) is 5.92 Å². The molecule has 0 aliphatic carbocycles. The number of morpholine rings is 1. The summed E-state index contributed by atoms with van der Waals surface area (Å²) in [5, 5.41) is 0. The molecule has 2 heterocycles. The highest BCUT2D eigenvalue weighted by atomic mass is 79.9. The van der Waals surface area contributed by atoms with Gasteiger partial charge in [0.2, 0.25) is 10.0 Å². The van der Waals surface area contributed by atoms with Gasteiger partial charge in [0.25, 0.3) is 0 Å². The Morgan fingerprint density at radius 2 is 1.67 bits per heavy atom. The average molecular weight is 504 g/mol. The number of amides is 2. The van der Waals surface area contributed by atoms with Crippen molar-refractivity contribution in [2.75, 3.05) is 46.5 Å². The Morgan fingerprint density at radius 1 is 1.10 bits per heavy atom. The minimum absolute atomic E-state index is 0.0400. The van der Waals surface area contributed by atoms with Gasteiger partial charge in [-0.2, -0.15) is 4.72 Å². The van der Waals surface area contributed by atoms with Gasteiger partial charge in [0, 0.05) is 30.7 Å². The van der Waals surface area contributed by atoms with E-state index < -0.39 is 22.0 Å². The van der Waals surface area contributed by atoms with Crippen LogP contribution in [0.5, 0.6) is 0 Å². The fourth-order valence-corrected chi connectivity index (χ4v) is 5.21. The molecule has 1 aromatic carbocycles. The highest BCUT2D eigenvalue weighted by molar-refractivity contribution is 9.10. The van der Waals surface area contributed by atoms with Crippen molar-refractivity contribution in [3.05, 3.63) is 28.7 Å². The van der Waals surface area contributed by atoms with Crippen LogP contribution in [0.1, 0.15) is 12.8 Å². The van der Waals surface area contributed by atoms with E-state index in [1.807, 2.05) is 0 Å². The van der Waals surface area contributed by atoms with Crippen LogP contribution in [0.15, 0.2) is 33.6 Å². The Morgan fingerprint density at radius 3 is 2.23 bits per heavy atom. The number of rotatable bonds is 5. The van der Waals surface area contributed by atoms with Crippen LogP contribution in [0.4, 0.5) is 4.79 Å². The predicted molar refractivity (Wildman–Crippen MR) is 112 cm³/mol. The molecule has 1 aromatic rings. The third kappa shape index (κ3) is 5.51. The molecule has 2 amide bonds. The van der Waals surface area contributed by atoms with Crippen molar-refractivity contribution in [3.8, 4) is 0 Å². The summed E-state index contributed by atoms with van der Waals surface area (Å²) >= 11 is 3.27. The highest BCUT2D eigenvalue weighted by Crippen LogP contribution is 2.24. The summed E-state index contributed by atoms with van der Waals surface area (Å²) in [5.74, 6) is -0.898. The number of likely N-dealkylation sites (tertiary alicyclic amines) is 1. The van der Waals surface area contributed by atoms with E-state index in [-0.39, 0.29) is 16.8 Å². The van der Waals surface area contributed by atoms with Crippen LogP contribution in [0, 0.1) is 5.92 Å². The lowest BCUT2D eigenvalue weighted by atomic mass is 9.90. The Hall–Kier alpha value is -1.69. The summed E-state index contributed by atoms with van der Waals surface area (Å²) in [6.45, 7) is 3.10. The third-order valence-electron chi connectivity index (χ3n) is 5.42. The number of benzene rings is 1. The van der Waals surface area contributed by atoms with Crippen LogP contribution in [0.3, 0.4) is 0 Å². The van der Waals surface area contributed by atoms with Gasteiger partial charge in [-0.15, -0.1) is 0 Å². The van der Waals surface area contributed by atoms with Crippen LogP contribution in [0.2, 0.25) is 0 Å². The Kier molecular flexibility index (Phi) is 7.72. The lowest BCUT2D eigenvalue weighted by Crippen LogP contribution is -2.53. The van der Waals surface area contributed by atoms with Crippen molar-refractivity contribution in [1.29, 1.82) is 0 Å². The van der Waals surface area contributed by atoms with Crippen molar-refractivity contribution in [1.82, 2.24) is 14.5 Å². The number of esters is 1. The number of hydrogen-bond acceptors (Lipinski definition) is 6. The predicted octanol–water partition coefficient (Wildman–Crippen LogP) is 1.43. The quantitative estimate of drug-likeness (QED) is 0.609. The van der Waals surface area contributed by atoms with Gasteiger partial charge < -0.3 is 19.3 Å². The van der Waals surface area contributed by atoms with Crippen LogP contribution >= 0.6 is 15.9 Å². The molecule has 1 unspecified atom stereocenters. The van der Waals surface area contributed by atoms with E-state index in [9.17, 15) is 18.0 Å². The number of urea groups is 1. The molecule has 2 fully saturated rings. The number of ether oxygens (including phenoxy) is 2. The number of nitrogens with one attached hydrogen (secondary N) is 1. The molecule has 0 aromatic heterocycles. The minimum Gasteiger partial charge on any atom is -0.468 e. The van der Waals surface area contributed by atoms with E-state index in [1.54, 1.807) is 21.9 Å². The Bertz CT molecular complexity index is 850. The molecule has 166 valence electrons. The molecule has 2 aliphatic heterocycles. The maximum atomic E-state index is 12.8. The molecule has 11 heteroatoms. The molecule has 0 spiro atoms. The van der Waals surface area contributed by atoms with Crippen LogP contribution in [-0.2, 0) is 24.3 Å². The van der Waals surface area contributed by atoms with Gasteiger partial charge in [0.1, 0.15) is 6.04 Å². The van der Waals surface area contributed by atoms with Gasteiger partial charge in [-0.05, 0) is 43.0 Å². The molecule has 1 N–H and O–H groups in total. The lowest BCUT2D eigenvalue weighted by Gasteiger charge is -2.38. The van der Waals surface area contributed by atoms with Gasteiger partial charge in [-0.1, -0.05) is 15.9 Å². The van der Waals surface area contributed by atoms with Gasteiger partial charge in [0.05, 0.1) is 25.2 Å². The van der Waals surface area contributed by atoms with Gasteiger partial charge >= 0.3 is 12.0 Å². The SMILES string of the molecule is COC(=O)C(NS(=O)(=O)c1ccc(Br)cc1)C1CCN(C(=O)N2CCOCC2)CC1. The summed E-state index contributed by atoms with van der Waals surface area (Å²) in [7, 11) is -2.67. The average Bonchev–Trinajstić information content (AvgIpc) is 2.77. The van der Waals surface area contributed by atoms with E-state index in [2.05, 4.69) is 20.7 Å². The zero-order valence-corrected chi connectivity index (χ0v) is 19.2. The summed E-state index contributed by atoms with van der Waals surface area (Å²) in [6.07, 6.45) is 0.997. The second kappa shape index (κ2) is 10.1. The first-order valence-electron chi connectivity index (χ1n) is 9.79. The molecule has 1 atom stereocenters. The number of sulfonamides is 1. The van der Waals surface area contributed by atoms with Crippen LogP contribution in [0.25, 0.3) is 0 Å². The molecule has 2 saturated heterocycles. The zero-order valence-electron chi connectivity index (χ0n) is 16.8. The number of methoxy groups -OCH3 is 1. The van der Waals surface area contributed by atoms with Gasteiger partial charge in [-0.3, -0.25) is 4.79 Å². The smallest absolute Gasteiger partial charge is 0.324 e. The summed E-state index contributed by atoms with van der Waals surface area (Å²) in [4.78, 5) is 28.6. The standard InChI is InChI=1S/C19H26BrN3O6S/c1-28-18(24)17(21-30(26,27)16-4-2-15(20)3-5-16)14-6-8-22(9-7-14)19(25)23-10-12-29-13-11-23/h2-5,14,17,21H,6-13H2,1H3. The van der Waals surface area contributed by atoms with E-state index in [1.165, 1.54) is 19.2 Å². The monoisotopic (exact) mass is 503 g/mol. The molecular formula is C19H26BrN3O6S. The van der Waals surface area contributed by atoms with Crippen molar-refractivity contribution in [3.63, 3.8) is 0 Å². The normalized spacial score (nSPS) is 19.4. The van der Waals surface area contributed by atoms with Crippen molar-refractivity contribution in [2.45, 2.75) is 23.8 Å². The van der Waals surface area contributed by atoms with Gasteiger partial charge in [0.15, 0.2) is 0 Å². The fraction of sp³-hybridized carbons (Fsp3) is 0.579. The number of halogens is 1. The summed E-state index contributed by atoms with van der Waals surface area (Å²) in [6, 6.07) is 5.12. The Labute approximate surface area is 184 Å². The van der Waals surface area contributed by atoms with Crippen LogP contribution in [-0.4, -0.2) is 82.8 Å². The third-order valence-corrected chi connectivity index (χ3v) is 7.41. The summed E-state index contributed by atoms with van der Waals surface area (Å²) < 4.78 is 39.0. The number of nitrogens with zero attached hydrogens (tertiary/aromatic N) is 2. The fourth-order valence-electron chi connectivity index (χ4n) is 3.69. The molecule has 3 rings (SSSR count). The number of hydrogen-bond donors (Lipinski definition) is 1. The van der Waals surface area contributed by atoms with E-state index in [4.69, 9.17) is 9.47 Å².